The van der Waals surface area contributed by atoms with Crippen LogP contribution in [-0.4, -0.2) is 69.8 Å². The molecule has 0 bridgehead atoms. The van der Waals surface area contributed by atoms with E-state index in [1.165, 1.54) is 34.4 Å². The quantitative estimate of drug-likeness (QED) is 0.266. The van der Waals surface area contributed by atoms with Crippen molar-refractivity contribution in [2.24, 2.45) is 12.9 Å². The molecule has 0 aliphatic carbocycles. The van der Waals surface area contributed by atoms with Crippen molar-refractivity contribution >= 4 is 23.2 Å². The molecule has 1 aromatic rings. The average Bonchev–Trinajstić information content (AvgIpc) is 2.83. The van der Waals surface area contributed by atoms with Crippen LogP contribution in [0.3, 0.4) is 0 Å². The minimum absolute atomic E-state index is 0.0242. The Morgan fingerprint density at radius 3 is 2.85 bits per heavy atom. The van der Waals surface area contributed by atoms with Crippen LogP contribution in [0.1, 0.15) is 18.5 Å². The number of halogens is 4. The molecule has 0 aromatic carbocycles. The molecule has 1 aliphatic rings. The molecule has 2 rings (SSSR count). The Balaban J connectivity index is 2.46. The first-order valence-electron chi connectivity index (χ1n) is 10.2. The van der Waals surface area contributed by atoms with Gasteiger partial charge in [-0.25, -0.2) is 22.6 Å². The number of hydrazine groups is 1. The molecule has 7 nitrogen and oxygen atoms in total. The number of amides is 1. The summed E-state index contributed by atoms with van der Waals surface area (Å²) < 4.78 is 57.3. The summed E-state index contributed by atoms with van der Waals surface area (Å²) in [6, 6.07) is 1.76. The summed E-state index contributed by atoms with van der Waals surface area (Å²) in [5.74, 6) is 1.82. The molecule has 1 aliphatic heterocycles. The SMILES string of the molecule is CS/C(=C\C(=C\C(F)CF)c1cnccccnn1C)C(=O)NC1CN(N)CCCC1(F)F. The second-order valence-corrected chi connectivity index (χ2v) is 8.22. The van der Waals surface area contributed by atoms with E-state index in [1.54, 1.807) is 25.4 Å². The van der Waals surface area contributed by atoms with Gasteiger partial charge in [-0.1, -0.05) is 0 Å². The Kier molecular flexibility index (Phi) is 10.3. The van der Waals surface area contributed by atoms with Crippen molar-refractivity contribution in [3.8, 4) is 0 Å². The van der Waals surface area contributed by atoms with E-state index in [1.807, 2.05) is 0 Å². The number of thioether (sulfide) groups is 1. The molecule has 1 amide bonds. The highest BCUT2D eigenvalue weighted by molar-refractivity contribution is 8.03. The molecule has 1 aromatic heterocycles. The summed E-state index contributed by atoms with van der Waals surface area (Å²) in [5, 5.41) is 7.75. The Hall–Kier alpha value is -2.44. The van der Waals surface area contributed by atoms with Gasteiger partial charge in [-0.2, -0.15) is 5.10 Å². The van der Waals surface area contributed by atoms with Gasteiger partial charge in [-0.3, -0.25) is 20.3 Å². The van der Waals surface area contributed by atoms with E-state index in [4.69, 9.17) is 5.84 Å². The number of rotatable bonds is 7. The predicted molar refractivity (Wildman–Crippen MR) is 121 cm³/mol. The maximum Gasteiger partial charge on any atom is 0.269 e. The van der Waals surface area contributed by atoms with Crippen molar-refractivity contribution in [1.29, 1.82) is 0 Å². The molecule has 2 heterocycles. The lowest BCUT2D eigenvalue weighted by atomic mass is 10.1. The van der Waals surface area contributed by atoms with Crippen LogP contribution in [0.5, 0.6) is 0 Å². The summed E-state index contributed by atoms with van der Waals surface area (Å²) in [7, 11) is 1.57. The normalized spacial score (nSPS) is 20.5. The zero-order chi connectivity index (χ0) is 24.4. The van der Waals surface area contributed by atoms with Crippen LogP contribution in [0.15, 0.2) is 47.8 Å². The van der Waals surface area contributed by atoms with E-state index >= 15 is 0 Å². The summed E-state index contributed by atoms with van der Waals surface area (Å²) in [4.78, 5) is 17.0. The zero-order valence-electron chi connectivity index (χ0n) is 18.4. The largest absolute Gasteiger partial charge is 0.341 e. The fourth-order valence-corrected chi connectivity index (χ4v) is 3.63. The number of nitrogens with zero attached hydrogens (tertiary/aromatic N) is 4. The lowest BCUT2D eigenvalue weighted by Gasteiger charge is -2.27. The van der Waals surface area contributed by atoms with Crippen molar-refractivity contribution in [3.05, 3.63) is 53.5 Å². The number of hydrogen-bond acceptors (Lipinski definition) is 6. The second-order valence-electron chi connectivity index (χ2n) is 7.38. The third-order valence-electron chi connectivity index (χ3n) is 4.88. The van der Waals surface area contributed by atoms with Crippen molar-refractivity contribution in [3.63, 3.8) is 0 Å². The lowest BCUT2D eigenvalue weighted by molar-refractivity contribution is -0.121. The van der Waals surface area contributed by atoms with Crippen LogP contribution in [0, 0.1) is 0 Å². The van der Waals surface area contributed by atoms with Crippen LogP contribution in [-0.2, 0) is 11.8 Å². The Morgan fingerprint density at radius 2 is 2.15 bits per heavy atom. The van der Waals surface area contributed by atoms with Crippen molar-refractivity contribution in [1.82, 2.24) is 25.1 Å². The van der Waals surface area contributed by atoms with Gasteiger partial charge < -0.3 is 5.32 Å². The number of alkyl halides is 4. The van der Waals surface area contributed by atoms with Crippen molar-refractivity contribution in [2.75, 3.05) is 26.0 Å². The van der Waals surface area contributed by atoms with Gasteiger partial charge in [-0.15, -0.1) is 11.8 Å². The van der Waals surface area contributed by atoms with E-state index in [2.05, 4.69) is 15.4 Å². The van der Waals surface area contributed by atoms with E-state index in [-0.39, 0.29) is 35.7 Å². The molecular weight excluding hydrogens is 460 g/mol. The molecule has 12 heteroatoms. The van der Waals surface area contributed by atoms with Crippen LogP contribution >= 0.6 is 11.8 Å². The topological polar surface area (TPSA) is 89.1 Å². The Labute approximate surface area is 194 Å². The van der Waals surface area contributed by atoms with Gasteiger partial charge in [0.15, 0.2) is 0 Å². The number of aromatic nitrogens is 3. The van der Waals surface area contributed by atoms with Gasteiger partial charge in [0.1, 0.15) is 18.9 Å². The molecule has 182 valence electrons. The number of allylic oxidation sites excluding steroid dienone is 3. The first-order chi connectivity index (χ1) is 15.7. The first kappa shape index (κ1) is 26.8. The fourth-order valence-electron chi connectivity index (χ4n) is 3.15. The highest BCUT2D eigenvalue weighted by Crippen LogP contribution is 2.29. The summed E-state index contributed by atoms with van der Waals surface area (Å²) in [6.07, 6.45) is 6.04. The molecular formula is C21H28F4N6OS. The number of carbonyl (C=O) groups is 1. The zero-order valence-corrected chi connectivity index (χ0v) is 19.2. The first-order valence-corrected chi connectivity index (χ1v) is 11.4. The maximum atomic E-state index is 14.5. The number of hydrogen-bond donors (Lipinski definition) is 2. The molecule has 1 saturated heterocycles. The third kappa shape index (κ3) is 8.13. The lowest BCUT2D eigenvalue weighted by Crippen LogP contribution is -2.53. The smallest absolute Gasteiger partial charge is 0.269 e. The van der Waals surface area contributed by atoms with E-state index in [9.17, 15) is 22.4 Å². The molecule has 3 N–H and O–H groups in total. The average molecular weight is 489 g/mol. The minimum Gasteiger partial charge on any atom is -0.341 e. The van der Waals surface area contributed by atoms with Crippen molar-refractivity contribution in [2.45, 2.75) is 31.0 Å². The van der Waals surface area contributed by atoms with Crippen molar-refractivity contribution < 1.29 is 22.4 Å². The van der Waals surface area contributed by atoms with Gasteiger partial charge in [0, 0.05) is 44.5 Å². The van der Waals surface area contributed by atoms with Crippen LogP contribution in [0.4, 0.5) is 17.6 Å². The van der Waals surface area contributed by atoms with Crippen LogP contribution in [0.2, 0.25) is 0 Å². The maximum absolute atomic E-state index is 14.5. The molecule has 0 spiro atoms. The molecule has 33 heavy (non-hydrogen) atoms. The standard InChI is InChI=1S/C21H28F4N6OS/c1-30-17(13-27-7-3-4-8-28-30)15(10-16(23)12-22)11-18(33-2)20(32)29-19-14-31(26)9-5-6-21(19,24)25/h3-4,7-8,10-11,13,16,19H,5-6,9,12,14,26H2,1-2H3,(H,29,32)/b4-3?,15-10-,17-13?,18-11-,27-7?,28-8?. The van der Waals surface area contributed by atoms with Gasteiger partial charge in [0.2, 0.25) is 0 Å². The molecule has 0 saturated carbocycles. The summed E-state index contributed by atoms with van der Waals surface area (Å²) >= 11 is 0.982. The summed E-state index contributed by atoms with van der Waals surface area (Å²) in [6.45, 7) is -1.21. The second kappa shape index (κ2) is 12.7. The van der Waals surface area contributed by atoms with Gasteiger partial charge in [0.25, 0.3) is 11.8 Å². The summed E-state index contributed by atoms with van der Waals surface area (Å²) in [5.41, 5.74) is 0.390. The third-order valence-corrected chi connectivity index (χ3v) is 5.62. The molecule has 2 atom stereocenters. The highest BCUT2D eigenvalue weighted by Gasteiger charge is 2.42. The highest BCUT2D eigenvalue weighted by atomic mass is 32.2. The fraction of sp³-hybridized carbons (Fsp3) is 0.476. The minimum atomic E-state index is -3.14. The number of nitrogens with two attached hydrogens (primary N) is 1. The van der Waals surface area contributed by atoms with E-state index in [0.717, 1.165) is 17.8 Å². The predicted octanol–water partition coefficient (Wildman–Crippen LogP) is 2.97. The van der Waals surface area contributed by atoms with Crippen LogP contribution in [0.25, 0.3) is 5.57 Å². The molecule has 0 radical (unpaired) electrons. The molecule has 2 unspecified atom stereocenters. The monoisotopic (exact) mass is 488 g/mol. The Morgan fingerprint density at radius 1 is 1.42 bits per heavy atom. The van der Waals surface area contributed by atoms with E-state index < -0.39 is 37.1 Å². The van der Waals surface area contributed by atoms with E-state index in [0.29, 0.717) is 0 Å². The van der Waals surface area contributed by atoms with Gasteiger partial charge in [0.05, 0.1) is 16.8 Å². The van der Waals surface area contributed by atoms with Crippen LogP contribution < -0.4 is 11.2 Å². The van der Waals surface area contributed by atoms with Gasteiger partial charge >= 0.3 is 0 Å². The number of aryl methyl sites for hydroxylation is 1. The Bertz CT molecular complexity index is 922. The molecule has 1 fully saturated rings. The van der Waals surface area contributed by atoms with Gasteiger partial charge in [-0.05, 0) is 37.0 Å². The number of carbonyl (C=O) groups excluding carboxylic acids is 1. The number of nitrogens with one attached hydrogen (secondary N) is 1.